The number of rotatable bonds is 10. The standard InChI is InChI=1S/C34H63NO5Si3/c1-23(14-17-31(36)40-43(11,12)13)26-15-16-27-32-28(22-30(34(26,27)3)39-42(8,9)10)33(2)19-18-25(35-37-4)20-24(33)21-29(32)38-41(5,6)7/h20,23,26-30,32H,14-19,21-22H2,1-13H3/b35-25+/t23?,26-,27?,28?,29-,30+,32?,33+,34-/m1/s1. The Morgan fingerprint density at radius 1 is 0.977 bits per heavy atom. The van der Waals surface area contributed by atoms with Gasteiger partial charge in [0.25, 0.3) is 5.97 Å². The van der Waals surface area contributed by atoms with Gasteiger partial charge in [0.1, 0.15) is 7.11 Å². The van der Waals surface area contributed by atoms with Crippen molar-refractivity contribution < 1.29 is 22.9 Å². The lowest BCUT2D eigenvalue weighted by atomic mass is 9.45. The molecule has 4 unspecified atom stereocenters. The fraction of sp³-hybridized carbons (Fsp3) is 0.882. The number of carbonyl (C=O) groups is 1. The molecular formula is C34H63NO5Si3. The molecular weight excluding hydrogens is 587 g/mol. The van der Waals surface area contributed by atoms with Gasteiger partial charge in [0.15, 0.2) is 16.6 Å². The van der Waals surface area contributed by atoms with Gasteiger partial charge < -0.3 is 18.1 Å². The Bertz CT molecular complexity index is 1090. The highest BCUT2D eigenvalue weighted by Crippen LogP contribution is 2.69. The minimum Gasteiger partial charge on any atom is -0.520 e. The highest BCUT2D eigenvalue weighted by Gasteiger charge is 2.66. The van der Waals surface area contributed by atoms with Crippen LogP contribution in [0.4, 0.5) is 0 Å². The molecule has 0 amide bonds. The maximum absolute atomic E-state index is 12.7. The van der Waals surface area contributed by atoms with Crippen LogP contribution in [-0.4, -0.2) is 56.0 Å². The predicted octanol–water partition coefficient (Wildman–Crippen LogP) is 9.02. The van der Waals surface area contributed by atoms with E-state index in [1.54, 1.807) is 7.11 Å². The van der Waals surface area contributed by atoms with Crippen LogP contribution >= 0.6 is 0 Å². The summed E-state index contributed by atoms with van der Waals surface area (Å²) >= 11 is 0. The summed E-state index contributed by atoms with van der Waals surface area (Å²) in [6, 6.07) is 0. The van der Waals surface area contributed by atoms with E-state index in [-0.39, 0.29) is 29.0 Å². The molecule has 0 radical (unpaired) electrons. The molecule has 0 heterocycles. The van der Waals surface area contributed by atoms with Gasteiger partial charge in [-0.05, 0) is 150 Å². The van der Waals surface area contributed by atoms with Gasteiger partial charge in [0.05, 0.1) is 17.9 Å². The van der Waals surface area contributed by atoms with Crippen LogP contribution in [0.5, 0.6) is 0 Å². The van der Waals surface area contributed by atoms with Gasteiger partial charge in [-0.3, -0.25) is 4.79 Å². The predicted molar refractivity (Wildman–Crippen MR) is 185 cm³/mol. The highest BCUT2D eigenvalue weighted by atomic mass is 28.4. The van der Waals surface area contributed by atoms with Gasteiger partial charge in [-0.1, -0.05) is 31.5 Å². The second kappa shape index (κ2) is 12.5. The minimum atomic E-state index is -1.88. The number of allylic oxidation sites excluding steroid dienone is 1. The topological polar surface area (TPSA) is 66.4 Å². The Hall–Kier alpha value is -0.749. The van der Waals surface area contributed by atoms with Crippen molar-refractivity contribution in [2.45, 2.75) is 143 Å². The molecule has 0 aliphatic heterocycles. The second-order valence-electron chi connectivity index (χ2n) is 17.7. The number of hydrogen-bond acceptors (Lipinski definition) is 6. The zero-order valence-corrected chi connectivity index (χ0v) is 32.8. The van der Waals surface area contributed by atoms with Gasteiger partial charge in [-0.2, -0.15) is 0 Å². The molecule has 4 rings (SSSR count). The van der Waals surface area contributed by atoms with E-state index in [0.717, 1.165) is 37.8 Å². The van der Waals surface area contributed by atoms with Crippen molar-refractivity contribution in [3.8, 4) is 0 Å². The molecule has 3 saturated carbocycles. The van der Waals surface area contributed by atoms with Gasteiger partial charge in [0.2, 0.25) is 8.32 Å². The molecule has 0 spiro atoms. The Kier molecular flexibility index (Phi) is 10.2. The van der Waals surface area contributed by atoms with Crippen molar-refractivity contribution in [3.05, 3.63) is 11.6 Å². The van der Waals surface area contributed by atoms with Crippen LogP contribution in [0.15, 0.2) is 16.8 Å². The third kappa shape index (κ3) is 7.63. The van der Waals surface area contributed by atoms with Crippen molar-refractivity contribution in [2.75, 3.05) is 7.11 Å². The first-order chi connectivity index (χ1) is 19.7. The molecule has 0 bridgehead atoms. The van der Waals surface area contributed by atoms with Crippen LogP contribution < -0.4 is 0 Å². The Morgan fingerprint density at radius 3 is 2.21 bits per heavy atom. The molecule has 4 aliphatic carbocycles. The molecule has 4 aliphatic rings. The molecule has 6 nitrogen and oxygen atoms in total. The van der Waals surface area contributed by atoms with Crippen LogP contribution in [0.25, 0.3) is 0 Å². The fourth-order valence-electron chi connectivity index (χ4n) is 9.72. The lowest BCUT2D eigenvalue weighted by Gasteiger charge is -2.63. The Morgan fingerprint density at radius 2 is 1.63 bits per heavy atom. The van der Waals surface area contributed by atoms with E-state index in [1.165, 1.54) is 18.4 Å². The van der Waals surface area contributed by atoms with E-state index in [9.17, 15) is 4.79 Å². The molecule has 0 aromatic carbocycles. The first-order valence-electron chi connectivity index (χ1n) is 17.1. The molecule has 0 aromatic rings. The summed E-state index contributed by atoms with van der Waals surface area (Å²) in [4.78, 5) is 18.0. The summed E-state index contributed by atoms with van der Waals surface area (Å²) in [7, 11) is -3.84. The van der Waals surface area contributed by atoms with Crippen LogP contribution in [0.2, 0.25) is 58.9 Å². The molecule has 9 atom stereocenters. The third-order valence-corrected chi connectivity index (χ3v) is 14.1. The van der Waals surface area contributed by atoms with E-state index in [4.69, 9.17) is 18.1 Å². The summed E-state index contributed by atoms with van der Waals surface area (Å²) in [6.07, 6.45) is 10.8. The zero-order valence-electron chi connectivity index (χ0n) is 29.8. The zero-order chi connectivity index (χ0) is 32.2. The first-order valence-corrected chi connectivity index (χ1v) is 27.3. The van der Waals surface area contributed by atoms with Crippen LogP contribution in [0, 0.1) is 40.4 Å². The van der Waals surface area contributed by atoms with E-state index in [2.05, 4.69) is 90.9 Å². The quantitative estimate of drug-likeness (QED) is 0.175. The molecule has 0 N–H and O–H groups in total. The van der Waals surface area contributed by atoms with E-state index in [0.29, 0.717) is 36.0 Å². The van der Waals surface area contributed by atoms with Crippen LogP contribution in [0.3, 0.4) is 0 Å². The largest absolute Gasteiger partial charge is 0.520 e. The van der Waals surface area contributed by atoms with Crippen molar-refractivity contribution in [1.82, 2.24) is 0 Å². The summed E-state index contributed by atoms with van der Waals surface area (Å²) in [6.45, 7) is 27.9. The van der Waals surface area contributed by atoms with Crippen molar-refractivity contribution in [3.63, 3.8) is 0 Å². The Labute approximate surface area is 266 Å². The smallest absolute Gasteiger partial charge is 0.292 e. The lowest BCUT2D eigenvalue weighted by molar-refractivity contribution is -0.158. The summed E-state index contributed by atoms with van der Waals surface area (Å²) in [5.74, 6) is 2.57. The highest BCUT2D eigenvalue weighted by molar-refractivity contribution is 6.71. The second-order valence-corrected chi connectivity index (χ2v) is 31.1. The molecule has 3 fully saturated rings. The van der Waals surface area contributed by atoms with E-state index < -0.39 is 25.0 Å². The number of hydrogen-bond donors (Lipinski definition) is 0. The SMILES string of the molecule is CO/N=C1/C=C2C[C@@H](O[Si](C)(C)C)C3C4CC[C@H](C(C)CCC(=O)O[Si](C)(C)C)[C@@]4(C)[C@@H](O[Si](C)(C)C)CC3[C@@]2(C)CC1. The van der Waals surface area contributed by atoms with Crippen molar-refractivity contribution >= 4 is 36.6 Å². The number of fused-ring (bicyclic) bond motifs is 5. The fourth-order valence-corrected chi connectivity index (χ4v) is 12.9. The van der Waals surface area contributed by atoms with Crippen LogP contribution in [0.1, 0.15) is 72.1 Å². The maximum atomic E-state index is 12.7. The summed E-state index contributed by atoms with van der Waals surface area (Å²) < 4.78 is 20.3. The van der Waals surface area contributed by atoms with Crippen molar-refractivity contribution in [2.24, 2.45) is 45.6 Å². The van der Waals surface area contributed by atoms with Crippen LogP contribution in [-0.2, 0) is 22.9 Å². The van der Waals surface area contributed by atoms with Crippen molar-refractivity contribution in [1.29, 1.82) is 0 Å². The van der Waals surface area contributed by atoms with E-state index in [1.807, 2.05) is 0 Å². The summed E-state index contributed by atoms with van der Waals surface area (Å²) in [5, 5.41) is 4.37. The normalized spacial score (nSPS) is 38.1. The minimum absolute atomic E-state index is 0.0128. The Balaban J connectivity index is 1.72. The monoisotopic (exact) mass is 649 g/mol. The molecule has 246 valence electrons. The molecule has 0 saturated heterocycles. The van der Waals surface area contributed by atoms with Gasteiger partial charge in [-0.25, -0.2) is 0 Å². The van der Waals surface area contributed by atoms with Gasteiger partial charge in [0, 0.05) is 6.42 Å². The average molecular weight is 650 g/mol. The molecule has 43 heavy (non-hydrogen) atoms. The lowest BCUT2D eigenvalue weighted by Crippen LogP contribution is -2.63. The molecule has 9 heteroatoms. The number of carbonyl (C=O) groups excluding carboxylic acids is 1. The van der Waals surface area contributed by atoms with E-state index >= 15 is 0 Å². The average Bonchev–Trinajstić information content (AvgIpc) is 3.19. The first kappa shape index (κ1) is 35.1. The maximum Gasteiger partial charge on any atom is 0.292 e. The molecule has 0 aromatic heterocycles. The number of oxime groups is 1. The third-order valence-electron chi connectivity index (χ3n) is 11.2. The number of nitrogens with zero attached hydrogens (tertiary/aromatic N) is 1. The van der Waals surface area contributed by atoms with Gasteiger partial charge in [-0.15, -0.1) is 0 Å². The van der Waals surface area contributed by atoms with Gasteiger partial charge >= 0.3 is 0 Å². The summed E-state index contributed by atoms with van der Waals surface area (Å²) in [5.41, 5.74) is 2.78.